The third-order valence-corrected chi connectivity index (χ3v) is 5.66. The zero-order valence-electron chi connectivity index (χ0n) is 13.5. The van der Waals surface area contributed by atoms with Gasteiger partial charge in [-0.3, -0.25) is 4.79 Å². The first-order valence-electron chi connectivity index (χ1n) is 7.64. The number of carbonyl (C=O) groups is 1. The Kier molecular flexibility index (Phi) is 5.96. The van der Waals surface area contributed by atoms with Gasteiger partial charge >= 0.3 is 0 Å². The van der Waals surface area contributed by atoms with Crippen molar-refractivity contribution in [1.29, 1.82) is 0 Å². The fraction of sp³-hybridized carbons (Fsp3) is 0.294. The molecule has 0 N–H and O–H groups in total. The Bertz CT molecular complexity index is 784. The van der Waals surface area contributed by atoms with Crippen LogP contribution < -0.4 is 4.74 Å². The van der Waals surface area contributed by atoms with Gasteiger partial charge in [0.1, 0.15) is 5.75 Å². The molecule has 2 heterocycles. The van der Waals surface area contributed by atoms with E-state index in [1.165, 1.54) is 11.5 Å². The average Bonchev–Trinajstić information content (AvgIpc) is 2.99. The number of hydrogen-bond acceptors (Lipinski definition) is 5. The molecule has 1 aliphatic heterocycles. The minimum Gasteiger partial charge on any atom is -0.497 e. The summed E-state index contributed by atoms with van der Waals surface area (Å²) in [5.41, 5.74) is 1.53. The molecule has 2 aromatic rings. The molecule has 1 aliphatic rings. The third-order valence-electron chi connectivity index (χ3n) is 3.83. The van der Waals surface area contributed by atoms with Crippen molar-refractivity contribution in [2.24, 2.45) is 0 Å². The molecule has 1 amide bonds. The van der Waals surface area contributed by atoms with Gasteiger partial charge in [0, 0.05) is 24.7 Å². The Morgan fingerprint density at radius 2 is 1.96 bits per heavy atom. The van der Waals surface area contributed by atoms with E-state index in [-0.39, 0.29) is 11.1 Å². The number of halogens is 2. The lowest BCUT2D eigenvalue weighted by molar-refractivity contribution is -0.129. The van der Waals surface area contributed by atoms with Crippen LogP contribution in [0, 0.1) is 0 Å². The second kappa shape index (κ2) is 8.19. The fourth-order valence-electron chi connectivity index (χ4n) is 2.48. The van der Waals surface area contributed by atoms with Gasteiger partial charge in [-0.2, -0.15) is 4.37 Å². The maximum atomic E-state index is 12.7. The van der Waals surface area contributed by atoms with Gasteiger partial charge in [-0.05, 0) is 29.2 Å². The predicted molar refractivity (Wildman–Crippen MR) is 99.6 cm³/mol. The first-order valence-corrected chi connectivity index (χ1v) is 9.17. The number of rotatable bonds is 4. The summed E-state index contributed by atoms with van der Waals surface area (Å²) < 4.78 is 14.6. The van der Waals surface area contributed by atoms with Gasteiger partial charge in [0.25, 0.3) is 0 Å². The monoisotopic (exact) mass is 398 g/mol. The molecule has 0 radical (unpaired) electrons. The quantitative estimate of drug-likeness (QED) is 0.735. The highest BCUT2D eigenvalue weighted by molar-refractivity contribution is 7.08. The zero-order valence-corrected chi connectivity index (χ0v) is 15.8. The first-order chi connectivity index (χ1) is 12.1. The minimum atomic E-state index is -0.0882. The summed E-state index contributed by atoms with van der Waals surface area (Å²) in [6, 6.07) is 7.42. The number of nitrogens with zero attached hydrogens (tertiary/aromatic N) is 2. The average molecular weight is 399 g/mol. The highest BCUT2D eigenvalue weighted by atomic mass is 35.5. The van der Waals surface area contributed by atoms with E-state index in [2.05, 4.69) is 4.37 Å². The van der Waals surface area contributed by atoms with Crippen LogP contribution in [0.3, 0.4) is 0 Å². The molecular weight excluding hydrogens is 383 g/mol. The molecule has 1 aromatic heterocycles. The Labute approximate surface area is 159 Å². The summed E-state index contributed by atoms with van der Waals surface area (Å²) >= 11 is 13.5. The van der Waals surface area contributed by atoms with Gasteiger partial charge in [0.05, 0.1) is 30.2 Å². The summed E-state index contributed by atoms with van der Waals surface area (Å²) in [6.07, 6.45) is 1.59. The number of morpholine rings is 1. The molecule has 0 bridgehead atoms. The lowest BCUT2D eigenvalue weighted by Crippen LogP contribution is -2.39. The van der Waals surface area contributed by atoms with Crippen molar-refractivity contribution in [2.45, 2.75) is 0 Å². The number of carbonyl (C=O) groups excluding carboxylic acids is 1. The molecule has 1 fully saturated rings. The molecule has 0 saturated carbocycles. The van der Waals surface area contributed by atoms with Crippen LogP contribution in [0.5, 0.6) is 5.75 Å². The van der Waals surface area contributed by atoms with E-state index < -0.39 is 0 Å². The molecule has 3 rings (SSSR count). The maximum absolute atomic E-state index is 12.7. The molecule has 8 heteroatoms. The van der Waals surface area contributed by atoms with E-state index >= 15 is 0 Å². The molecule has 0 spiro atoms. The van der Waals surface area contributed by atoms with Crippen LogP contribution in [-0.2, 0) is 9.53 Å². The van der Waals surface area contributed by atoms with Crippen molar-refractivity contribution in [3.05, 3.63) is 51.0 Å². The van der Waals surface area contributed by atoms with Crippen molar-refractivity contribution < 1.29 is 14.3 Å². The van der Waals surface area contributed by atoms with Crippen LogP contribution in [0.1, 0.15) is 10.4 Å². The highest BCUT2D eigenvalue weighted by Gasteiger charge is 2.20. The highest BCUT2D eigenvalue weighted by Crippen LogP contribution is 2.37. The second-order valence-electron chi connectivity index (χ2n) is 5.34. The number of hydrogen-bond donors (Lipinski definition) is 0. The van der Waals surface area contributed by atoms with E-state index in [0.29, 0.717) is 41.8 Å². The van der Waals surface area contributed by atoms with Crippen molar-refractivity contribution >= 4 is 46.2 Å². The predicted octanol–water partition coefficient (Wildman–Crippen LogP) is 3.75. The van der Waals surface area contributed by atoms with Crippen molar-refractivity contribution in [1.82, 2.24) is 9.27 Å². The normalized spacial score (nSPS) is 15.3. The molecule has 0 aliphatic carbocycles. The lowest BCUT2D eigenvalue weighted by atomic mass is 10.0. The van der Waals surface area contributed by atoms with E-state index in [0.717, 1.165) is 11.3 Å². The van der Waals surface area contributed by atoms with Gasteiger partial charge in [-0.1, -0.05) is 35.3 Å². The molecule has 5 nitrogen and oxygen atoms in total. The van der Waals surface area contributed by atoms with E-state index in [4.69, 9.17) is 32.7 Å². The Hall–Kier alpha value is -1.60. The number of aromatic nitrogens is 1. The van der Waals surface area contributed by atoms with Crippen molar-refractivity contribution in [3.8, 4) is 5.75 Å². The van der Waals surface area contributed by atoms with Crippen LogP contribution in [0.25, 0.3) is 5.57 Å². The Morgan fingerprint density at radius 3 is 2.52 bits per heavy atom. The van der Waals surface area contributed by atoms with E-state index in [1.807, 2.05) is 24.3 Å². The van der Waals surface area contributed by atoms with Crippen LogP contribution in [-0.4, -0.2) is 48.6 Å². The van der Waals surface area contributed by atoms with Crippen LogP contribution in [0.4, 0.5) is 0 Å². The third kappa shape index (κ3) is 4.15. The number of amides is 1. The summed E-state index contributed by atoms with van der Waals surface area (Å²) in [7, 11) is 1.60. The van der Waals surface area contributed by atoms with Gasteiger partial charge in [0.15, 0.2) is 5.15 Å². The second-order valence-corrected chi connectivity index (χ2v) is 6.85. The Morgan fingerprint density at radius 1 is 1.28 bits per heavy atom. The van der Waals surface area contributed by atoms with Crippen LogP contribution in [0.2, 0.25) is 10.2 Å². The minimum absolute atomic E-state index is 0.0882. The standard InChI is InChI=1S/C17H16Cl2N2O3S/c1-23-12-4-2-11(3-5-12)13(16-15(18)17(19)20-25-16)10-14(22)21-6-8-24-9-7-21/h2-5,10H,6-9H2,1H3/b13-10+. The molecule has 0 atom stereocenters. The maximum Gasteiger partial charge on any atom is 0.247 e. The topological polar surface area (TPSA) is 51.7 Å². The van der Waals surface area contributed by atoms with Crippen molar-refractivity contribution in [3.63, 3.8) is 0 Å². The van der Waals surface area contributed by atoms with Gasteiger partial charge in [-0.25, -0.2) is 0 Å². The Balaban J connectivity index is 2.00. The van der Waals surface area contributed by atoms with Crippen molar-refractivity contribution in [2.75, 3.05) is 33.4 Å². The smallest absolute Gasteiger partial charge is 0.247 e. The van der Waals surface area contributed by atoms with E-state index in [1.54, 1.807) is 18.1 Å². The summed E-state index contributed by atoms with van der Waals surface area (Å²) in [5, 5.41) is 0.586. The molecular formula is C17H16Cl2N2O3S. The van der Waals surface area contributed by atoms with Gasteiger partial charge in [-0.15, -0.1) is 0 Å². The van der Waals surface area contributed by atoms with E-state index in [9.17, 15) is 4.79 Å². The number of benzene rings is 1. The number of methoxy groups -OCH3 is 1. The molecule has 1 aromatic carbocycles. The summed E-state index contributed by atoms with van der Waals surface area (Å²) in [6.45, 7) is 2.24. The van der Waals surface area contributed by atoms with Crippen LogP contribution in [0.15, 0.2) is 30.3 Å². The molecule has 0 unspecified atom stereocenters. The largest absolute Gasteiger partial charge is 0.497 e. The number of ether oxygens (including phenoxy) is 2. The zero-order chi connectivity index (χ0) is 17.8. The first kappa shape index (κ1) is 18.2. The van der Waals surface area contributed by atoms with Gasteiger partial charge < -0.3 is 14.4 Å². The fourth-order valence-corrected chi connectivity index (χ4v) is 3.74. The SMILES string of the molecule is COc1ccc(/C(=C\C(=O)N2CCOCC2)c2snc(Cl)c2Cl)cc1. The molecule has 25 heavy (non-hydrogen) atoms. The summed E-state index contributed by atoms with van der Waals surface area (Å²) in [5.74, 6) is 0.644. The summed E-state index contributed by atoms with van der Waals surface area (Å²) in [4.78, 5) is 15.1. The van der Waals surface area contributed by atoms with Gasteiger partial charge in [0.2, 0.25) is 5.91 Å². The lowest BCUT2D eigenvalue weighted by Gasteiger charge is -2.26. The molecule has 1 saturated heterocycles. The van der Waals surface area contributed by atoms with Crippen LogP contribution >= 0.6 is 34.7 Å². The molecule has 132 valence electrons.